The molecule has 1 aromatic rings. The highest BCUT2D eigenvalue weighted by atomic mass is 35.5. The van der Waals surface area contributed by atoms with Gasteiger partial charge in [0.25, 0.3) is 0 Å². The summed E-state index contributed by atoms with van der Waals surface area (Å²) < 4.78 is 58.0. The van der Waals surface area contributed by atoms with Gasteiger partial charge in [-0.3, -0.25) is 0 Å². The first-order chi connectivity index (χ1) is 8.78. The van der Waals surface area contributed by atoms with E-state index in [0.717, 1.165) is 0 Å². The van der Waals surface area contributed by atoms with Crippen molar-refractivity contribution in [2.24, 2.45) is 0 Å². The summed E-state index contributed by atoms with van der Waals surface area (Å²) >= 11 is 5.36. The third-order valence-electron chi connectivity index (χ3n) is 1.85. The Morgan fingerprint density at radius 2 is 2.11 bits per heavy atom. The maximum absolute atomic E-state index is 13.1. The average molecular weight is 302 g/mol. The molecule has 0 amide bonds. The monoisotopic (exact) mass is 301 g/mol. The van der Waals surface area contributed by atoms with E-state index in [1.54, 1.807) is 0 Å². The fraction of sp³-hybridized carbons (Fsp3) is 0.400. The number of nitrogens with zero attached hydrogens (tertiary/aromatic N) is 1. The lowest BCUT2D eigenvalue weighted by molar-refractivity contribution is -0.275. The van der Waals surface area contributed by atoms with Crippen LogP contribution >= 0.6 is 11.6 Å². The number of halogens is 5. The lowest BCUT2D eigenvalue weighted by atomic mass is 10.2. The topological polar surface area (TPSA) is 48.4 Å². The molecule has 0 saturated heterocycles. The number of carbonyl (C=O) groups is 1. The van der Waals surface area contributed by atoms with E-state index in [1.165, 1.54) is 6.92 Å². The van der Waals surface area contributed by atoms with Crippen LogP contribution in [0.4, 0.5) is 17.6 Å². The second kappa shape index (κ2) is 6.05. The van der Waals surface area contributed by atoms with Crippen LogP contribution in [0.15, 0.2) is 6.07 Å². The van der Waals surface area contributed by atoms with Crippen LogP contribution in [0.25, 0.3) is 0 Å². The molecule has 0 bridgehead atoms. The first-order valence-corrected chi connectivity index (χ1v) is 5.50. The van der Waals surface area contributed by atoms with Crippen molar-refractivity contribution in [2.75, 3.05) is 6.61 Å². The summed E-state index contributed by atoms with van der Waals surface area (Å²) in [5.74, 6) is -3.83. The van der Waals surface area contributed by atoms with Gasteiger partial charge in [0.15, 0.2) is 5.75 Å². The van der Waals surface area contributed by atoms with Gasteiger partial charge in [0.2, 0.25) is 5.95 Å². The second-order valence-corrected chi connectivity index (χ2v) is 3.44. The van der Waals surface area contributed by atoms with Crippen LogP contribution in [-0.2, 0) is 10.6 Å². The zero-order valence-corrected chi connectivity index (χ0v) is 10.3. The standard InChI is InChI=1S/C10H8ClF4NO3/c1-2-18-9(17)5-3-7(12)16-6(4-11)8(5)19-10(13,14)15/h3H,2,4H2,1H3. The molecule has 0 N–H and O–H groups in total. The molecule has 9 heteroatoms. The van der Waals surface area contributed by atoms with Crippen molar-refractivity contribution in [2.45, 2.75) is 19.2 Å². The maximum atomic E-state index is 13.1. The first-order valence-electron chi connectivity index (χ1n) is 4.96. The van der Waals surface area contributed by atoms with Gasteiger partial charge in [0.1, 0.15) is 11.3 Å². The molecule has 0 aliphatic heterocycles. The number of ether oxygens (including phenoxy) is 2. The number of aromatic nitrogens is 1. The summed E-state index contributed by atoms with van der Waals surface area (Å²) in [4.78, 5) is 14.6. The Hall–Kier alpha value is -1.57. The summed E-state index contributed by atoms with van der Waals surface area (Å²) in [6.07, 6.45) is -5.07. The van der Waals surface area contributed by atoms with Crippen LogP contribution in [0.3, 0.4) is 0 Å². The van der Waals surface area contributed by atoms with E-state index in [4.69, 9.17) is 11.6 Å². The predicted molar refractivity (Wildman–Crippen MR) is 56.4 cm³/mol. The molecule has 1 aromatic heterocycles. The maximum Gasteiger partial charge on any atom is 0.573 e. The van der Waals surface area contributed by atoms with E-state index in [0.29, 0.717) is 6.07 Å². The third-order valence-corrected chi connectivity index (χ3v) is 2.10. The van der Waals surface area contributed by atoms with Crippen molar-refractivity contribution in [1.29, 1.82) is 0 Å². The molecule has 0 aliphatic rings. The van der Waals surface area contributed by atoms with Crippen molar-refractivity contribution in [3.8, 4) is 5.75 Å². The van der Waals surface area contributed by atoms with Crippen molar-refractivity contribution < 1.29 is 31.8 Å². The van der Waals surface area contributed by atoms with E-state index in [-0.39, 0.29) is 6.61 Å². The zero-order valence-electron chi connectivity index (χ0n) is 9.55. The molecule has 4 nitrogen and oxygen atoms in total. The molecule has 0 spiro atoms. The minimum Gasteiger partial charge on any atom is -0.462 e. The lowest BCUT2D eigenvalue weighted by Gasteiger charge is -2.15. The molecule has 19 heavy (non-hydrogen) atoms. The highest BCUT2D eigenvalue weighted by Gasteiger charge is 2.35. The SMILES string of the molecule is CCOC(=O)c1cc(F)nc(CCl)c1OC(F)(F)F. The van der Waals surface area contributed by atoms with Gasteiger partial charge >= 0.3 is 12.3 Å². The minimum atomic E-state index is -5.07. The fourth-order valence-corrected chi connectivity index (χ4v) is 1.41. The van der Waals surface area contributed by atoms with Crippen molar-refractivity contribution in [1.82, 2.24) is 4.98 Å². The molecular weight excluding hydrogens is 294 g/mol. The second-order valence-electron chi connectivity index (χ2n) is 3.17. The molecule has 0 radical (unpaired) electrons. The molecule has 0 fully saturated rings. The van der Waals surface area contributed by atoms with Crippen molar-refractivity contribution in [3.63, 3.8) is 0 Å². The molecule has 0 aromatic carbocycles. The van der Waals surface area contributed by atoms with Gasteiger partial charge in [-0.15, -0.1) is 24.8 Å². The molecule has 0 saturated carbocycles. The Kier molecular flexibility index (Phi) is 4.93. The quantitative estimate of drug-likeness (QED) is 0.371. The summed E-state index contributed by atoms with van der Waals surface area (Å²) in [6, 6.07) is 0.495. The van der Waals surface area contributed by atoms with Crippen LogP contribution in [0.2, 0.25) is 0 Å². The summed E-state index contributed by atoms with van der Waals surface area (Å²) in [6.45, 7) is 1.35. The van der Waals surface area contributed by atoms with Crippen LogP contribution in [0.5, 0.6) is 5.75 Å². The highest BCUT2D eigenvalue weighted by Crippen LogP contribution is 2.31. The molecule has 1 rings (SSSR count). The molecule has 0 aliphatic carbocycles. The van der Waals surface area contributed by atoms with Gasteiger partial charge in [-0.2, -0.15) is 4.39 Å². The van der Waals surface area contributed by atoms with E-state index in [1.807, 2.05) is 0 Å². The Morgan fingerprint density at radius 1 is 1.47 bits per heavy atom. The number of alkyl halides is 4. The largest absolute Gasteiger partial charge is 0.573 e. The van der Waals surface area contributed by atoms with Gasteiger partial charge in [0, 0.05) is 6.07 Å². The number of hydrogen-bond donors (Lipinski definition) is 0. The number of pyridine rings is 1. The van der Waals surface area contributed by atoms with Gasteiger partial charge in [-0.05, 0) is 6.92 Å². The molecule has 0 unspecified atom stereocenters. The zero-order chi connectivity index (χ0) is 14.6. The normalized spacial score (nSPS) is 11.3. The van der Waals surface area contributed by atoms with E-state index >= 15 is 0 Å². The Labute approximate surface area is 110 Å². The Bertz CT molecular complexity index is 479. The lowest BCUT2D eigenvalue weighted by Crippen LogP contribution is -2.21. The van der Waals surface area contributed by atoms with Gasteiger partial charge in [0.05, 0.1) is 12.5 Å². The number of rotatable bonds is 4. The van der Waals surface area contributed by atoms with Crippen molar-refractivity contribution >= 4 is 17.6 Å². The van der Waals surface area contributed by atoms with Gasteiger partial charge in [-0.1, -0.05) is 0 Å². The summed E-state index contributed by atoms with van der Waals surface area (Å²) in [7, 11) is 0. The van der Waals surface area contributed by atoms with E-state index < -0.39 is 41.2 Å². The summed E-state index contributed by atoms with van der Waals surface area (Å²) in [5.41, 5.74) is -1.26. The average Bonchev–Trinajstić information content (AvgIpc) is 2.29. The third kappa shape index (κ3) is 4.23. The summed E-state index contributed by atoms with van der Waals surface area (Å²) in [5, 5.41) is 0. The molecule has 1 heterocycles. The van der Waals surface area contributed by atoms with Crippen LogP contribution in [-0.4, -0.2) is 23.9 Å². The Balaban J connectivity index is 3.33. The Morgan fingerprint density at radius 3 is 2.58 bits per heavy atom. The van der Waals surface area contributed by atoms with Crippen molar-refractivity contribution in [3.05, 3.63) is 23.3 Å². The smallest absolute Gasteiger partial charge is 0.462 e. The molecular formula is C10H8ClF4NO3. The molecule has 0 atom stereocenters. The van der Waals surface area contributed by atoms with Crippen LogP contribution in [0.1, 0.15) is 23.0 Å². The fourth-order valence-electron chi connectivity index (χ4n) is 1.23. The number of carbonyl (C=O) groups excluding carboxylic acids is 1. The van der Waals surface area contributed by atoms with Gasteiger partial charge in [-0.25, -0.2) is 9.78 Å². The number of hydrogen-bond acceptors (Lipinski definition) is 4. The van der Waals surface area contributed by atoms with Crippen LogP contribution < -0.4 is 4.74 Å². The van der Waals surface area contributed by atoms with Gasteiger partial charge < -0.3 is 9.47 Å². The number of esters is 1. The minimum absolute atomic E-state index is 0.0928. The van der Waals surface area contributed by atoms with Crippen LogP contribution in [0, 0.1) is 5.95 Å². The highest BCUT2D eigenvalue weighted by molar-refractivity contribution is 6.17. The van der Waals surface area contributed by atoms with E-state index in [2.05, 4.69) is 14.5 Å². The molecule has 106 valence electrons. The van der Waals surface area contributed by atoms with E-state index in [9.17, 15) is 22.4 Å². The first kappa shape index (κ1) is 15.5. The predicted octanol–water partition coefficient (Wildman–Crippen LogP) is 3.03.